The Hall–Kier alpha value is -0.610. The molecule has 4 nitrogen and oxygen atoms in total. The predicted molar refractivity (Wildman–Crippen MR) is 64.4 cm³/mol. The van der Waals surface area contributed by atoms with E-state index in [1.165, 1.54) is 25.9 Å². The Labute approximate surface area is 98.5 Å². The lowest BCUT2D eigenvalue weighted by molar-refractivity contribution is -0.144. The molecular formula is C12H24N2O2. The maximum absolute atomic E-state index is 11.3. The van der Waals surface area contributed by atoms with Crippen molar-refractivity contribution in [3.8, 4) is 0 Å². The molecule has 1 aliphatic heterocycles. The van der Waals surface area contributed by atoms with Crippen molar-refractivity contribution in [3.05, 3.63) is 0 Å². The maximum Gasteiger partial charge on any atom is 0.320 e. The number of likely N-dealkylation sites (tertiary alicyclic amines) is 1. The lowest BCUT2D eigenvalue weighted by Crippen LogP contribution is -2.37. The van der Waals surface area contributed by atoms with Gasteiger partial charge in [0.2, 0.25) is 0 Å². The molecule has 0 aliphatic carbocycles. The number of ether oxygens (including phenoxy) is 1. The van der Waals surface area contributed by atoms with Gasteiger partial charge in [-0.2, -0.15) is 0 Å². The van der Waals surface area contributed by atoms with Crippen LogP contribution in [0.2, 0.25) is 0 Å². The lowest BCUT2D eigenvalue weighted by atomic mass is 10.4. The molecule has 1 saturated heterocycles. The molecule has 0 saturated carbocycles. The van der Waals surface area contributed by atoms with E-state index in [1.807, 2.05) is 6.92 Å². The van der Waals surface area contributed by atoms with Crippen molar-refractivity contribution in [2.45, 2.75) is 26.7 Å². The third-order valence-corrected chi connectivity index (χ3v) is 3.04. The fourth-order valence-electron chi connectivity index (χ4n) is 2.03. The number of nitrogens with zero attached hydrogens (tertiary/aromatic N) is 2. The molecule has 4 heteroatoms. The Morgan fingerprint density at radius 1 is 1.31 bits per heavy atom. The van der Waals surface area contributed by atoms with Gasteiger partial charge in [0, 0.05) is 13.1 Å². The fourth-order valence-corrected chi connectivity index (χ4v) is 2.03. The predicted octanol–water partition coefficient (Wildman–Crippen LogP) is 0.967. The third kappa shape index (κ3) is 4.94. The van der Waals surface area contributed by atoms with Crippen LogP contribution >= 0.6 is 0 Å². The second-order valence-corrected chi connectivity index (χ2v) is 4.22. The highest BCUT2D eigenvalue weighted by atomic mass is 16.5. The molecule has 1 heterocycles. The molecule has 1 rings (SSSR count). The van der Waals surface area contributed by atoms with Crippen molar-refractivity contribution < 1.29 is 9.53 Å². The molecule has 0 amide bonds. The van der Waals surface area contributed by atoms with Crippen molar-refractivity contribution >= 4 is 5.97 Å². The molecule has 0 aromatic carbocycles. The Kier molecular flexibility index (Phi) is 6.42. The van der Waals surface area contributed by atoms with Crippen LogP contribution < -0.4 is 0 Å². The van der Waals surface area contributed by atoms with Crippen molar-refractivity contribution in [2.24, 2.45) is 0 Å². The highest BCUT2D eigenvalue weighted by Crippen LogP contribution is 2.06. The molecule has 0 atom stereocenters. The monoisotopic (exact) mass is 228 g/mol. The van der Waals surface area contributed by atoms with Gasteiger partial charge in [-0.1, -0.05) is 6.92 Å². The van der Waals surface area contributed by atoms with Gasteiger partial charge in [0.05, 0.1) is 13.2 Å². The van der Waals surface area contributed by atoms with Crippen LogP contribution in [-0.4, -0.2) is 61.6 Å². The second-order valence-electron chi connectivity index (χ2n) is 4.22. The van der Waals surface area contributed by atoms with Crippen LogP contribution in [0.25, 0.3) is 0 Å². The van der Waals surface area contributed by atoms with Crippen molar-refractivity contribution in [3.63, 3.8) is 0 Å². The third-order valence-electron chi connectivity index (χ3n) is 3.04. The zero-order valence-electron chi connectivity index (χ0n) is 10.6. The summed E-state index contributed by atoms with van der Waals surface area (Å²) in [5, 5.41) is 0. The number of hydrogen-bond donors (Lipinski definition) is 0. The number of carbonyl (C=O) groups excluding carboxylic acids is 1. The molecule has 0 N–H and O–H groups in total. The molecule has 0 spiro atoms. The first-order valence-electron chi connectivity index (χ1n) is 6.36. The van der Waals surface area contributed by atoms with Crippen molar-refractivity contribution in [1.82, 2.24) is 9.80 Å². The van der Waals surface area contributed by atoms with E-state index in [0.29, 0.717) is 13.2 Å². The van der Waals surface area contributed by atoms with E-state index in [9.17, 15) is 4.79 Å². The quantitative estimate of drug-likeness (QED) is 0.608. The van der Waals surface area contributed by atoms with E-state index in [1.54, 1.807) is 0 Å². The van der Waals surface area contributed by atoms with Gasteiger partial charge in [0.15, 0.2) is 0 Å². The van der Waals surface area contributed by atoms with Crippen LogP contribution in [0.3, 0.4) is 0 Å². The van der Waals surface area contributed by atoms with Gasteiger partial charge in [-0.05, 0) is 39.4 Å². The summed E-state index contributed by atoms with van der Waals surface area (Å²) in [4.78, 5) is 15.9. The van der Waals surface area contributed by atoms with Gasteiger partial charge in [0.1, 0.15) is 0 Å². The van der Waals surface area contributed by atoms with Crippen molar-refractivity contribution in [2.75, 3.05) is 45.9 Å². The van der Waals surface area contributed by atoms with Crippen LogP contribution in [0.1, 0.15) is 26.7 Å². The van der Waals surface area contributed by atoms with E-state index in [4.69, 9.17) is 4.74 Å². The molecule has 1 fully saturated rings. The number of hydrogen-bond acceptors (Lipinski definition) is 4. The largest absolute Gasteiger partial charge is 0.465 e. The summed E-state index contributed by atoms with van der Waals surface area (Å²) in [5.41, 5.74) is 0. The molecule has 94 valence electrons. The minimum atomic E-state index is -0.106. The van der Waals surface area contributed by atoms with E-state index in [2.05, 4.69) is 16.7 Å². The molecule has 0 unspecified atom stereocenters. The Morgan fingerprint density at radius 3 is 2.56 bits per heavy atom. The molecule has 0 bridgehead atoms. The number of esters is 1. The van der Waals surface area contributed by atoms with Gasteiger partial charge in [-0.25, -0.2) is 0 Å². The van der Waals surface area contributed by atoms with Crippen LogP contribution in [0.4, 0.5) is 0 Å². The molecule has 0 aromatic heterocycles. The van der Waals surface area contributed by atoms with E-state index in [-0.39, 0.29) is 5.97 Å². The first-order chi connectivity index (χ1) is 7.76. The Morgan fingerprint density at radius 2 is 2.00 bits per heavy atom. The Bertz CT molecular complexity index is 203. The summed E-state index contributed by atoms with van der Waals surface area (Å²) in [6.45, 7) is 10.2. The summed E-state index contributed by atoms with van der Waals surface area (Å²) in [7, 11) is 0. The summed E-state index contributed by atoms with van der Waals surface area (Å²) < 4.78 is 4.95. The van der Waals surface area contributed by atoms with Crippen LogP contribution in [-0.2, 0) is 9.53 Å². The van der Waals surface area contributed by atoms with E-state index >= 15 is 0 Å². The number of rotatable bonds is 7. The number of likely N-dealkylation sites (N-methyl/N-ethyl adjacent to an activating group) is 1. The van der Waals surface area contributed by atoms with E-state index in [0.717, 1.165) is 19.6 Å². The summed E-state index contributed by atoms with van der Waals surface area (Å²) in [6, 6.07) is 0. The average Bonchev–Trinajstić information content (AvgIpc) is 2.77. The average molecular weight is 228 g/mol. The van der Waals surface area contributed by atoms with Crippen LogP contribution in [0, 0.1) is 0 Å². The van der Waals surface area contributed by atoms with Crippen LogP contribution in [0.15, 0.2) is 0 Å². The molecule has 1 aliphatic rings. The first-order valence-corrected chi connectivity index (χ1v) is 6.36. The SMILES string of the molecule is CCOC(=O)CN(CC)CCN1CCCC1. The highest BCUT2D eigenvalue weighted by Gasteiger charge is 2.14. The first kappa shape index (κ1) is 13.5. The van der Waals surface area contributed by atoms with Gasteiger partial charge in [-0.15, -0.1) is 0 Å². The van der Waals surface area contributed by atoms with Gasteiger partial charge >= 0.3 is 5.97 Å². The van der Waals surface area contributed by atoms with Crippen LogP contribution in [0.5, 0.6) is 0 Å². The summed E-state index contributed by atoms with van der Waals surface area (Å²) in [5.74, 6) is -0.106. The zero-order chi connectivity index (χ0) is 11.8. The zero-order valence-corrected chi connectivity index (χ0v) is 10.6. The standard InChI is InChI=1S/C12H24N2O2/c1-3-13(11-12(15)16-4-2)9-10-14-7-5-6-8-14/h3-11H2,1-2H3. The normalized spacial score (nSPS) is 16.9. The lowest BCUT2D eigenvalue weighted by Gasteiger charge is -2.22. The molecular weight excluding hydrogens is 204 g/mol. The van der Waals surface area contributed by atoms with Gasteiger partial charge in [0.25, 0.3) is 0 Å². The fraction of sp³-hybridized carbons (Fsp3) is 0.917. The smallest absolute Gasteiger partial charge is 0.320 e. The molecule has 0 radical (unpaired) electrons. The topological polar surface area (TPSA) is 32.8 Å². The summed E-state index contributed by atoms with van der Waals surface area (Å²) >= 11 is 0. The van der Waals surface area contributed by atoms with E-state index < -0.39 is 0 Å². The van der Waals surface area contributed by atoms with Crippen molar-refractivity contribution in [1.29, 1.82) is 0 Å². The molecule has 16 heavy (non-hydrogen) atoms. The Balaban J connectivity index is 2.17. The number of carbonyl (C=O) groups is 1. The minimum absolute atomic E-state index is 0.106. The van der Waals surface area contributed by atoms with Gasteiger partial charge < -0.3 is 9.64 Å². The van der Waals surface area contributed by atoms with Gasteiger partial charge in [-0.3, -0.25) is 9.69 Å². The molecule has 0 aromatic rings. The second kappa shape index (κ2) is 7.63. The maximum atomic E-state index is 11.3. The minimum Gasteiger partial charge on any atom is -0.465 e. The summed E-state index contributed by atoms with van der Waals surface area (Å²) in [6.07, 6.45) is 2.65. The highest BCUT2D eigenvalue weighted by molar-refractivity contribution is 5.71.